The average Bonchev–Trinajstić information content (AvgIpc) is 1.71. The van der Waals surface area contributed by atoms with E-state index in [-0.39, 0.29) is 60.4 Å². The van der Waals surface area contributed by atoms with Gasteiger partial charge in [-0.3, -0.25) is 0 Å². The third-order valence-electron chi connectivity index (χ3n) is 16.9. The van der Waals surface area contributed by atoms with Gasteiger partial charge in [0, 0.05) is 66.7 Å². The Balaban J connectivity index is 0.00000832. The van der Waals surface area contributed by atoms with Gasteiger partial charge in [-0.25, -0.2) is 4.98 Å². The molecule has 6 heteroatoms. The van der Waals surface area contributed by atoms with Gasteiger partial charge in [-0.15, -0.1) is 53.8 Å². The van der Waals surface area contributed by atoms with Gasteiger partial charge in [0.1, 0.15) is 5.82 Å². The fraction of sp³-hybridized carbons (Fsp3) is 0.195. The molecule has 10 aromatic carbocycles. The van der Waals surface area contributed by atoms with E-state index in [1.165, 1.54) is 0 Å². The number of nitrogens with zero attached hydrogens (tertiary/aromatic N) is 5. The summed E-state index contributed by atoms with van der Waals surface area (Å²) < 4.78 is 45.5. The van der Waals surface area contributed by atoms with Crippen molar-refractivity contribution in [3.05, 3.63) is 278 Å². The van der Waals surface area contributed by atoms with E-state index in [0.717, 1.165) is 118 Å². The van der Waals surface area contributed by atoms with E-state index in [2.05, 4.69) is 291 Å². The third-order valence-corrected chi connectivity index (χ3v) is 16.9. The van der Waals surface area contributed by atoms with Crippen molar-refractivity contribution >= 4 is 57.0 Å². The first kappa shape index (κ1) is 53.5. The second-order valence-corrected chi connectivity index (χ2v) is 27.1. The number of hydrogen-bond donors (Lipinski definition) is 0. The van der Waals surface area contributed by atoms with Crippen molar-refractivity contribution in [2.75, 3.05) is 19.6 Å². The molecule has 13 rings (SSSR count). The van der Waals surface area contributed by atoms with E-state index in [1.54, 1.807) is 0 Å². The van der Waals surface area contributed by atoms with Crippen molar-refractivity contribution in [1.82, 2.24) is 4.98 Å². The van der Waals surface area contributed by atoms with Crippen LogP contribution < -0.4 is 19.6 Å². The maximum absolute atomic E-state index is 9.47. The number of rotatable bonds is 9. The van der Waals surface area contributed by atoms with Gasteiger partial charge in [-0.2, -0.15) is 6.07 Å². The van der Waals surface area contributed by atoms with Crippen LogP contribution in [0.15, 0.2) is 237 Å². The molecule has 0 atom stereocenters. The van der Waals surface area contributed by atoms with Crippen LogP contribution in [0.1, 0.15) is 112 Å². The topological polar surface area (TPSA) is 25.9 Å². The quantitative estimate of drug-likeness (QED) is 0.134. The first-order chi connectivity index (χ1) is 43.7. The molecule has 0 fully saturated rings. The molecule has 2 aliphatic rings. The summed E-state index contributed by atoms with van der Waals surface area (Å²) in [4.78, 5) is 14.1. The average molecular weight is 1330 g/mol. The largest absolute Gasteiger partial charge is 0.493 e. The summed E-state index contributed by atoms with van der Waals surface area (Å²) in [7, 11) is 0. The van der Waals surface area contributed by atoms with Gasteiger partial charge < -0.3 is 19.6 Å². The SMILES string of the molecule is [2H]c1c([2H])c([2H])c(-c2cccc(-c3cc(C(C)(C)C)cc(C(C)(C)C)c3)c2N2[CH-]N(c3[c-]c(N(c4[c-]c5c(cc4)-c4ccc(-c6ccccc6)cc4-c4ccccc4N5c4cc(C(C)(C)C)ccn4)c4ccccc4)cc(C(C)(C)C)c3)c3ccccc32)c([2H])c1[2H].[Pt]. The maximum atomic E-state index is 9.47. The van der Waals surface area contributed by atoms with Gasteiger partial charge in [0.15, 0.2) is 0 Å². The Labute approximate surface area is 544 Å². The summed E-state index contributed by atoms with van der Waals surface area (Å²) in [6.07, 6.45) is 1.93. The fourth-order valence-corrected chi connectivity index (χ4v) is 12.0. The van der Waals surface area contributed by atoms with Crippen molar-refractivity contribution in [1.29, 1.82) is 0 Å². The number of fused-ring (bicyclic) bond motifs is 6. The molecule has 88 heavy (non-hydrogen) atoms. The molecule has 0 radical (unpaired) electrons. The molecule has 2 aliphatic heterocycles. The number of benzene rings is 10. The molecule has 0 aliphatic carbocycles. The monoisotopic (exact) mass is 1330 g/mol. The molecular formula is C82H76N5Pt-3. The van der Waals surface area contributed by atoms with E-state index in [0.29, 0.717) is 11.3 Å². The molecule has 5 nitrogen and oxygen atoms in total. The van der Waals surface area contributed by atoms with Crippen LogP contribution in [0.25, 0.3) is 55.6 Å². The fourth-order valence-electron chi connectivity index (χ4n) is 12.0. The van der Waals surface area contributed by atoms with Crippen LogP contribution in [0, 0.1) is 18.8 Å². The van der Waals surface area contributed by atoms with Gasteiger partial charge in [0.05, 0.1) is 12.5 Å². The molecule has 442 valence electrons. The number of anilines is 10. The third kappa shape index (κ3) is 11.3. The summed E-state index contributed by atoms with van der Waals surface area (Å²) >= 11 is 0. The number of pyridine rings is 1. The van der Waals surface area contributed by atoms with E-state index in [1.807, 2.05) is 36.5 Å². The van der Waals surface area contributed by atoms with Gasteiger partial charge >= 0.3 is 0 Å². The Hall–Kier alpha value is -8.76. The molecule has 0 saturated carbocycles. The van der Waals surface area contributed by atoms with Gasteiger partial charge in [0.2, 0.25) is 0 Å². The Morgan fingerprint density at radius 1 is 0.409 bits per heavy atom. The first-order valence-corrected chi connectivity index (χ1v) is 30.2. The normalized spacial score (nSPS) is 13.8. The Kier molecular flexibility index (Phi) is 14.0. The second kappa shape index (κ2) is 23.1. The smallest absolute Gasteiger partial charge is 0.135 e. The predicted octanol–water partition coefficient (Wildman–Crippen LogP) is 22.9. The summed E-state index contributed by atoms with van der Waals surface area (Å²) in [5, 5.41) is 0. The molecule has 0 bridgehead atoms. The minimum Gasteiger partial charge on any atom is -0.493 e. The minimum absolute atomic E-state index is 0. The standard InChI is InChI=1S/C82H76N5.Pt/c1-79(2,3)59-43-44-83-77(51-59)87-73-36-23-22-33-70(73)72-47-57(55-27-16-13-17-28-55)39-41-69(72)71-42-40-64(53-76(71)87)86(63-31-20-15-21-32-63)66-50-62(82(10,11)12)49-65(52-66)84-54-85(75-38-25-24-37-74(75)84)78-67(56-29-18-14-19-30-56)34-26-35-68(78)58-45-60(80(4,5)6)48-61(46-58)81(7,8)9;/h13-51,54H,1-12H3;/q-3;/i14D,18D,19D,29D,30D;. The molecule has 1 aromatic heterocycles. The summed E-state index contributed by atoms with van der Waals surface area (Å²) in [5.41, 5.74) is 20.1. The van der Waals surface area contributed by atoms with Crippen molar-refractivity contribution < 1.29 is 27.9 Å². The molecule has 11 aromatic rings. The van der Waals surface area contributed by atoms with E-state index >= 15 is 0 Å². The van der Waals surface area contributed by atoms with E-state index in [9.17, 15) is 2.74 Å². The Bertz CT molecular complexity index is 4630. The summed E-state index contributed by atoms with van der Waals surface area (Å²) in [6.45, 7) is 28.9. The number of hydrogen-bond acceptors (Lipinski definition) is 5. The van der Waals surface area contributed by atoms with Crippen LogP contribution in [0.5, 0.6) is 0 Å². The Morgan fingerprint density at radius 2 is 0.977 bits per heavy atom. The zero-order valence-corrected chi connectivity index (χ0v) is 54.5. The maximum Gasteiger partial charge on any atom is 0.135 e. The number of para-hydroxylation sites is 5. The van der Waals surface area contributed by atoms with Crippen molar-refractivity contribution in [3.8, 4) is 55.6 Å². The molecule has 0 spiro atoms. The van der Waals surface area contributed by atoms with Crippen LogP contribution in [-0.4, -0.2) is 4.98 Å². The van der Waals surface area contributed by atoms with E-state index in [4.69, 9.17) is 9.10 Å². The van der Waals surface area contributed by atoms with Gasteiger partial charge in [0.25, 0.3) is 0 Å². The molecular weight excluding hydrogens is 1250 g/mol. The minimum atomic E-state index is -0.440. The molecule has 3 heterocycles. The van der Waals surface area contributed by atoms with Crippen molar-refractivity contribution in [2.45, 2.75) is 105 Å². The van der Waals surface area contributed by atoms with Gasteiger partial charge in [-0.05, 0) is 115 Å². The molecule has 0 unspecified atom stereocenters. The van der Waals surface area contributed by atoms with E-state index < -0.39 is 18.1 Å². The zero-order valence-electron chi connectivity index (χ0n) is 57.3. The summed E-state index contributed by atoms with van der Waals surface area (Å²) in [5.74, 6) is 0.783. The zero-order chi connectivity index (χ0) is 64.9. The van der Waals surface area contributed by atoms with Crippen LogP contribution in [0.4, 0.5) is 57.0 Å². The first-order valence-electron chi connectivity index (χ1n) is 32.7. The second-order valence-electron chi connectivity index (χ2n) is 27.1. The molecule has 0 saturated heterocycles. The molecule has 0 N–H and O–H groups in total. The van der Waals surface area contributed by atoms with Crippen LogP contribution in [0.3, 0.4) is 0 Å². The Morgan fingerprint density at radius 3 is 1.64 bits per heavy atom. The van der Waals surface area contributed by atoms with Gasteiger partial charge in [-0.1, -0.05) is 263 Å². The van der Waals surface area contributed by atoms with Crippen LogP contribution in [0.2, 0.25) is 0 Å². The predicted molar refractivity (Wildman–Crippen MR) is 368 cm³/mol. The van der Waals surface area contributed by atoms with Crippen LogP contribution in [-0.2, 0) is 42.7 Å². The van der Waals surface area contributed by atoms with Crippen LogP contribution >= 0.6 is 0 Å². The molecule has 0 amide bonds. The van der Waals surface area contributed by atoms with Crippen molar-refractivity contribution in [3.63, 3.8) is 0 Å². The van der Waals surface area contributed by atoms with Crippen molar-refractivity contribution in [2.24, 2.45) is 0 Å². The number of aromatic nitrogens is 1. The summed E-state index contributed by atoms with van der Waals surface area (Å²) in [6, 6.07) is 77.1.